The lowest BCUT2D eigenvalue weighted by Crippen LogP contribution is -2.02. The highest BCUT2D eigenvalue weighted by Gasteiger charge is 2.06. The Morgan fingerprint density at radius 3 is 2.38 bits per heavy atom. The lowest BCUT2D eigenvalue weighted by Gasteiger charge is -2.12. The van der Waals surface area contributed by atoms with Crippen molar-refractivity contribution in [1.82, 2.24) is 0 Å². The van der Waals surface area contributed by atoms with E-state index in [2.05, 4.69) is 23.5 Å². The summed E-state index contributed by atoms with van der Waals surface area (Å²) in [6.07, 6.45) is 0. The molecule has 0 saturated heterocycles. The van der Waals surface area contributed by atoms with Crippen LogP contribution in [0.2, 0.25) is 0 Å². The number of benzene rings is 3. The van der Waals surface area contributed by atoms with Crippen LogP contribution in [0.1, 0.15) is 5.56 Å². The van der Waals surface area contributed by atoms with Crippen LogP contribution in [-0.2, 0) is 6.54 Å². The van der Waals surface area contributed by atoms with Gasteiger partial charge in [0.05, 0.1) is 13.7 Å². The molecule has 3 aromatic rings. The maximum absolute atomic E-state index is 8.77. The summed E-state index contributed by atoms with van der Waals surface area (Å²) in [6.45, 7) is 1.05. The third kappa shape index (κ3) is 3.60. The van der Waals surface area contributed by atoms with Crippen LogP contribution in [0, 0.1) is 0 Å². The minimum Gasteiger partial charge on any atom is -0.496 e. The number of hydrogen-bond donors (Lipinski definition) is 2. The van der Waals surface area contributed by atoms with Gasteiger partial charge in [-0.1, -0.05) is 30.3 Å². The van der Waals surface area contributed by atoms with Crippen LogP contribution in [0.15, 0.2) is 60.7 Å². The summed E-state index contributed by atoms with van der Waals surface area (Å²) in [5, 5.41) is 14.5. The fourth-order valence-corrected chi connectivity index (χ4v) is 2.70. The van der Waals surface area contributed by atoms with Crippen molar-refractivity contribution in [3.05, 3.63) is 66.2 Å². The molecule has 0 heterocycles. The Morgan fingerprint density at radius 1 is 0.917 bits per heavy atom. The summed E-state index contributed by atoms with van der Waals surface area (Å²) in [5.41, 5.74) is 2.23. The summed E-state index contributed by atoms with van der Waals surface area (Å²) in [5.74, 6) is 1.64. The Balaban J connectivity index is 1.74. The molecule has 0 saturated carbocycles. The zero-order valence-corrected chi connectivity index (χ0v) is 13.7. The van der Waals surface area contributed by atoms with Gasteiger partial charge in [-0.3, -0.25) is 0 Å². The third-order valence-corrected chi connectivity index (χ3v) is 3.89. The molecule has 0 aromatic heterocycles. The molecule has 4 heteroatoms. The van der Waals surface area contributed by atoms with Gasteiger partial charge in [-0.05, 0) is 41.3 Å². The molecule has 0 aliphatic heterocycles. The van der Waals surface area contributed by atoms with Gasteiger partial charge in [0.15, 0.2) is 0 Å². The fraction of sp³-hybridized carbons (Fsp3) is 0.200. The van der Waals surface area contributed by atoms with Crippen LogP contribution in [0.25, 0.3) is 10.8 Å². The van der Waals surface area contributed by atoms with Gasteiger partial charge >= 0.3 is 0 Å². The van der Waals surface area contributed by atoms with Gasteiger partial charge in [0.2, 0.25) is 0 Å². The SMILES string of the molecule is COc1ccc(CNc2ccc(OCCO)cc2)c2ccccc12. The number of ether oxygens (including phenoxy) is 2. The van der Waals surface area contributed by atoms with Gasteiger partial charge in [0.25, 0.3) is 0 Å². The Morgan fingerprint density at radius 2 is 1.67 bits per heavy atom. The van der Waals surface area contributed by atoms with E-state index in [9.17, 15) is 0 Å². The van der Waals surface area contributed by atoms with Crippen LogP contribution in [0.3, 0.4) is 0 Å². The molecule has 0 unspecified atom stereocenters. The van der Waals surface area contributed by atoms with Crippen molar-refractivity contribution in [2.75, 3.05) is 25.6 Å². The van der Waals surface area contributed by atoms with Crippen molar-refractivity contribution < 1.29 is 14.6 Å². The first-order valence-electron chi connectivity index (χ1n) is 7.94. The minimum atomic E-state index is 0.0184. The molecule has 0 aliphatic rings. The predicted octanol–water partition coefficient (Wildman–Crippen LogP) is 3.83. The number of rotatable bonds is 7. The molecular weight excluding hydrogens is 302 g/mol. The van der Waals surface area contributed by atoms with E-state index in [-0.39, 0.29) is 6.61 Å². The second kappa shape index (κ2) is 7.70. The molecule has 0 fully saturated rings. The Bertz CT molecular complexity index is 800. The Hall–Kier alpha value is -2.72. The van der Waals surface area contributed by atoms with Crippen molar-refractivity contribution in [3.63, 3.8) is 0 Å². The van der Waals surface area contributed by atoms with Gasteiger partial charge in [0.1, 0.15) is 18.1 Å². The summed E-state index contributed by atoms with van der Waals surface area (Å²) in [7, 11) is 1.69. The minimum absolute atomic E-state index is 0.0184. The van der Waals surface area contributed by atoms with E-state index in [4.69, 9.17) is 14.6 Å². The molecule has 0 aliphatic carbocycles. The average molecular weight is 323 g/mol. The fourth-order valence-electron chi connectivity index (χ4n) is 2.70. The molecule has 0 amide bonds. The summed E-state index contributed by atoms with van der Waals surface area (Å²) < 4.78 is 10.8. The summed E-state index contributed by atoms with van der Waals surface area (Å²) in [6, 6.07) is 20.1. The van der Waals surface area contributed by atoms with E-state index >= 15 is 0 Å². The zero-order chi connectivity index (χ0) is 16.8. The quantitative estimate of drug-likeness (QED) is 0.694. The largest absolute Gasteiger partial charge is 0.496 e. The highest BCUT2D eigenvalue weighted by atomic mass is 16.5. The van der Waals surface area contributed by atoms with E-state index < -0.39 is 0 Å². The molecule has 24 heavy (non-hydrogen) atoms. The van der Waals surface area contributed by atoms with Crippen LogP contribution in [0.4, 0.5) is 5.69 Å². The Kier molecular flexibility index (Phi) is 5.18. The van der Waals surface area contributed by atoms with Crippen molar-refractivity contribution in [2.24, 2.45) is 0 Å². The number of aliphatic hydroxyl groups is 1. The molecule has 3 rings (SSSR count). The highest BCUT2D eigenvalue weighted by molar-refractivity contribution is 5.91. The molecule has 3 aromatic carbocycles. The lowest BCUT2D eigenvalue weighted by molar-refractivity contribution is 0.201. The van der Waals surface area contributed by atoms with Crippen LogP contribution < -0.4 is 14.8 Å². The van der Waals surface area contributed by atoms with Gasteiger partial charge in [-0.15, -0.1) is 0 Å². The highest BCUT2D eigenvalue weighted by Crippen LogP contribution is 2.28. The van der Waals surface area contributed by atoms with Gasteiger partial charge < -0.3 is 19.9 Å². The second-order valence-electron chi connectivity index (χ2n) is 5.42. The zero-order valence-electron chi connectivity index (χ0n) is 13.7. The molecule has 0 spiro atoms. The topological polar surface area (TPSA) is 50.7 Å². The first kappa shape index (κ1) is 16.1. The maximum atomic E-state index is 8.77. The number of fused-ring (bicyclic) bond motifs is 1. The standard InChI is InChI=1S/C20H21NO3/c1-23-20-11-6-15(18-4-2-3-5-19(18)20)14-21-16-7-9-17(10-8-16)24-13-12-22/h2-11,21-22H,12-14H2,1H3. The molecule has 4 nitrogen and oxygen atoms in total. The Labute approximate surface area is 141 Å². The van der Waals surface area contributed by atoms with E-state index in [1.807, 2.05) is 42.5 Å². The van der Waals surface area contributed by atoms with Crippen molar-refractivity contribution in [2.45, 2.75) is 6.54 Å². The number of anilines is 1. The van der Waals surface area contributed by atoms with Crippen molar-refractivity contribution >= 4 is 16.5 Å². The normalized spacial score (nSPS) is 10.6. The average Bonchev–Trinajstić information content (AvgIpc) is 2.65. The predicted molar refractivity (Wildman–Crippen MR) is 96.8 cm³/mol. The first-order chi connectivity index (χ1) is 11.8. The summed E-state index contributed by atoms with van der Waals surface area (Å²) in [4.78, 5) is 0. The van der Waals surface area contributed by atoms with E-state index in [0.717, 1.165) is 29.1 Å². The molecular formula is C20H21NO3. The monoisotopic (exact) mass is 323 g/mol. The molecule has 0 radical (unpaired) electrons. The molecule has 2 N–H and O–H groups in total. The van der Waals surface area contributed by atoms with Crippen molar-refractivity contribution in [3.8, 4) is 11.5 Å². The first-order valence-corrected chi connectivity index (χ1v) is 7.94. The smallest absolute Gasteiger partial charge is 0.126 e. The van der Waals surface area contributed by atoms with E-state index in [0.29, 0.717) is 6.61 Å². The van der Waals surface area contributed by atoms with Crippen LogP contribution in [0.5, 0.6) is 11.5 Å². The van der Waals surface area contributed by atoms with Crippen LogP contribution >= 0.6 is 0 Å². The molecule has 0 atom stereocenters. The van der Waals surface area contributed by atoms with E-state index in [1.165, 1.54) is 10.9 Å². The van der Waals surface area contributed by atoms with Gasteiger partial charge in [-0.25, -0.2) is 0 Å². The maximum Gasteiger partial charge on any atom is 0.126 e. The summed E-state index contributed by atoms with van der Waals surface area (Å²) >= 11 is 0. The lowest BCUT2D eigenvalue weighted by atomic mass is 10.0. The van der Waals surface area contributed by atoms with Crippen molar-refractivity contribution in [1.29, 1.82) is 0 Å². The van der Waals surface area contributed by atoms with Crippen LogP contribution in [-0.4, -0.2) is 25.4 Å². The molecule has 0 bridgehead atoms. The second-order valence-corrected chi connectivity index (χ2v) is 5.42. The van der Waals surface area contributed by atoms with Gasteiger partial charge in [-0.2, -0.15) is 0 Å². The van der Waals surface area contributed by atoms with E-state index in [1.54, 1.807) is 7.11 Å². The van der Waals surface area contributed by atoms with Gasteiger partial charge in [0, 0.05) is 17.6 Å². The number of methoxy groups -OCH3 is 1. The number of aliphatic hydroxyl groups excluding tert-OH is 1. The molecule has 124 valence electrons. The number of nitrogens with one attached hydrogen (secondary N) is 1. The number of hydrogen-bond acceptors (Lipinski definition) is 4. The third-order valence-electron chi connectivity index (χ3n) is 3.89.